The number of hydrogen-bond donors (Lipinski definition) is 0. The van der Waals surface area contributed by atoms with Crippen LogP contribution in [0.4, 0.5) is 4.39 Å². The molecule has 0 spiro atoms. The third-order valence-electron chi connectivity index (χ3n) is 2.38. The van der Waals surface area contributed by atoms with Gasteiger partial charge in [0.2, 0.25) is 0 Å². The third-order valence-corrected chi connectivity index (χ3v) is 3.55. The molecule has 0 amide bonds. The number of unbranched alkanes of at least 4 members (excludes halogenated alkanes) is 2. The molecule has 0 bridgehead atoms. The van der Waals surface area contributed by atoms with Crippen LogP contribution in [0.3, 0.4) is 0 Å². The van der Waals surface area contributed by atoms with Crippen LogP contribution in [-0.2, 0) is 12.8 Å². The molecule has 0 saturated heterocycles. The van der Waals surface area contributed by atoms with Gasteiger partial charge in [-0.3, -0.25) is 4.39 Å². The summed E-state index contributed by atoms with van der Waals surface area (Å²) in [5.74, 6) is 0.739. The van der Waals surface area contributed by atoms with Gasteiger partial charge in [-0.05, 0) is 43.7 Å². The largest absolute Gasteiger partial charge is 0.251 e. The maximum Gasteiger partial charge on any atom is 0.0894 e. The lowest BCUT2D eigenvalue weighted by atomic mass is 10.1. The zero-order valence-electron chi connectivity index (χ0n) is 9.76. The van der Waals surface area contributed by atoms with Crippen LogP contribution in [0.5, 0.6) is 0 Å². The minimum atomic E-state index is -0.164. The average molecular weight is 228 g/mol. The molecule has 0 saturated carbocycles. The Labute approximate surface area is 96.5 Å². The minimum Gasteiger partial charge on any atom is -0.251 e. The predicted molar refractivity (Wildman–Crippen MR) is 66.4 cm³/mol. The smallest absolute Gasteiger partial charge is 0.0894 e. The number of thiophene rings is 1. The van der Waals surface area contributed by atoms with Gasteiger partial charge < -0.3 is 0 Å². The van der Waals surface area contributed by atoms with Crippen molar-refractivity contribution in [2.24, 2.45) is 5.92 Å². The molecule has 0 N–H and O–H groups in total. The van der Waals surface area contributed by atoms with Gasteiger partial charge in [-0.15, -0.1) is 11.3 Å². The van der Waals surface area contributed by atoms with Gasteiger partial charge in [-0.1, -0.05) is 20.3 Å². The number of rotatable bonds is 7. The Balaban J connectivity index is 2.26. The van der Waals surface area contributed by atoms with Crippen LogP contribution in [-0.4, -0.2) is 6.67 Å². The maximum absolute atomic E-state index is 11.9. The van der Waals surface area contributed by atoms with Crippen molar-refractivity contribution in [2.45, 2.75) is 46.0 Å². The third kappa shape index (κ3) is 5.31. The van der Waals surface area contributed by atoms with Crippen LogP contribution >= 0.6 is 11.3 Å². The fraction of sp³-hybridized carbons (Fsp3) is 0.692. The SMILES string of the molecule is CC(C)Cc1ccc(CCCCCF)s1. The lowest BCUT2D eigenvalue weighted by Crippen LogP contribution is -1.89. The number of alkyl halides is 1. The summed E-state index contributed by atoms with van der Waals surface area (Å²) < 4.78 is 11.9. The van der Waals surface area contributed by atoms with Gasteiger partial charge in [0.1, 0.15) is 0 Å². The van der Waals surface area contributed by atoms with Gasteiger partial charge >= 0.3 is 0 Å². The summed E-state index contributed by atoms with van der Waals surface area (Å²) in [6.07, 6.45) is 5.20. The lowest BCUT2D eigenvalue weighted by Gasteiger charge is -2.00. The van der Waals surface area contributed by atoms with E-state index >= 15 is 0 Å². The molecule has 15 heavy (non-hydrogen) atoms. The molecule has 0 aliphatic heterocycles. The van der Waals surface area contributed by atoms with Crippen LogP contribution in [0.25, 0.3) is 0 Å². The van der Waals surface area contributed by atoms with Crippen molar-refractivity contribution >= 4 is 11.3 Å². The molecule has 1 aromatic rings. The summed E-state index contributed by atoms with van der Waals surface area (Å²) in [5, 5.41) is 0. The fourth-order valence-electron chi connectivity index (χ4n) is 1.64. The Bertz CT molecular complexity index is 265. The highest BCUT2D eigenvalue weighted by Crippen LogP contribution is 2.21. The van der Waals surface area contributed by atoms with Crippen LogP contribution in [0.2, 0.25) is 0 Å². The Morgan fingerprint density at radius 2 is 1.87 bits per heavy atom. The molecule has 0 atom stereocenters. The molecule has 2 heteroatoms. The molecule has 0 nitrogen and oxygen atoms in total. The molecule has 1 rings (SSSR count). The van der Waals surface area contributed by atoms with E-state index in [1.165, 1.54) is 16.2 Å². The first kappa shape index (κ1) is 12.7. The first-order valence-electron chi connectivity index (χ1n) is 5.86. The van der Waals surface area contributed by atoms with E-state index in [-0.39, 0.29) is 6.67 Å². The van der Waals surface area contributed by atoms with Gasteiger partial charge in [0.15, 0.2) is 0 Å². The highest BCUT2D eigenvalue weighted by Gasteiger charge is 2.02. The summed E-state index contributed by atoms with van der Waals surface area (Å²) >= 11 is 1.93. The van der Waals surface area contributed by atoms with Crippen molar-refractivity contribution < 1.29 is 4.39 Å². The number of hydrogen-bond acceptors (Lipinski definition) is 1. The average Bonchev–Trinajstić information content (AvgIpc) is 2.59. The summed E-state index contributed by atoms with van der Waals surface area (Å²) in [6, 6.07) is 4.48. The molecular weight excluding hydrogens is 207 g/mol. The zero-order valence-corrected chi connectivity index (χ0v) is 10.6. The Kier molecular flexibility index (Phi) is 5.92. The second kappa shape index (κ2) is 7.00. The second-order valence-electron chi connectivity index (χ2n) is 4.47. The monoisotopic (exact) mass is 228 g/mol. The van der Waals surface area contributed by atoms with Crippen LogP contribution in [0, 0.1) is 5.92 Å². The van der Waals surface area contributed by atoms with Crippen molar-refractivity contribution in [3.8, 4) is 0 Å². The van der Waals surface area contributed by atoms with Crippen molar-refractivity contribution in [1.29, 1.82) is 0 Å². The molecule has 0 aromatic carbocycles. The molecule has 0 aliphatic carbocycles. The van der Waals surface area contributed by atoms with Gasteiger partial charge in [0.05, 0.1) is 6.67 Å². The van der Waals surface area contributed by atoms with E-state index in [0.717, 1.165) is 31.6 Å². The quantitative estimate of drug-likeness (QED) is 0.597. The van der Waals surface area contributed by atoms with E-state index in [1.54, 1.807) is 0 Å². The van der Waals surface area contributed by atoms with Crippen LogP contribution in [0.1, 0.15) is 42.9 Å². The summed E-state index contributed by atoms with van der Waals surface area (Å²) in [7, 11) is 0. The molecule has 0 fully saturated rings. The maximum atomic E-state index is 11.9. The van der Waals surface area contributed by atoms with E-state index in [4.69, 9.17) is 0 Å². The zero-order chi connectivity index (χ0) is 11.1. The molecule has 0 unspecified atom stereocenters. The van der Waals surface area contributed by atoms with Crippen LogP contribution < -0.4 is 0 Å². The van der Waals surface area contributed by atoms with E-state index in [0.29, 0.717) is 0 Å². The second-order valence-corrected chi connectivity index (χ2v) is 5.72. The Morgan fingerprint density at radius 3 is 2.53 bits per heavy atom. The Morgan fingerprint density at radius 1 is 1.13 bits per heavy atom. The van der Waals surface area contributed by atoms with E-state index < -0.39 is 0 Å². The highest BCUT2D eigenvalue weighted by atomic mass is 32.1. The summed E-state index contributed by atoms with van der Waals surface area (Å²) in [6.45, 7) is 4.34. The molecule has 1 aromatic heterocycles. The topological polar surface area (TPSA) is 0 Å². The molecule has 1 heterocycles. The van der Waals surface area contributed by atoms with Gasteiger partial charge in [-0.2, -0.15) is 0 Å². The highest BCUT2D eigenvalue weighted by molar-refractivity contribution is 7.11. The fourth-order valence-corrected chi connectivity index (χ4v) is 2.91. The van der Waals surface area contributed by atoms with Crippen molar-refractivity contribution in [3.05, 3.63) is 21.9 Å². The first-order chi connectivity index (χ1) is 7.22. The summed E-state index contributed by atoms with van der Waals surface area (Å²) in [4.78, 5) is 2.95. The molecule has 0 aliphatic rings. The minimum absolute atomic E-state index is 0.164. The first-order valence-corrected chi connectivity index (χ1v) is 6.67. The molecular formula is C13H21FS. The number of halogens is 1. The van der Waals surface area contributed by atoms with E-state index in [1.807, 2.05) is 11.3 Å². The van der Waals surface area contributed by atoms with Crippen molar-refractivity contribution in [1.82, 2.24) is 0 Å². The van der Waals surface area contributed by atoms with Crippen LogP contribution in [0.15, 0.2) is 12.1 Å². The van der Waals surface area contributed by atoms with Crippen molar-refractivity contribution in [2.75, 3.05) is 6.67 Å². The molecule has 86 valence electrons. The Hall–Kier alpha value is -0.370. The molecule has 0 radical (unpaired) electrons. The van der Waals surface area contributed by atoms with E-state index in [9.17, 15) is 4.39 Å². The van der Waals surface area contributed by atoms with Crippen molar-refractivity contribution in [3.63, 3.8) is 0 Å². The number of aryl methyl sites for hydroxylation is 1. The predicted octanol–water partition coefficient (Wildman–Crippen LogP) is 4.63. The van der Waals surface area contributed by atoms with Gasteiger partial charge in [-0.25, -0.2) is 0 Å². The standard InChI is InChI=1S/C13H21FS/c1-11(2)10-13-8-7-12(15-13)6-4-3-5-9-14/h7-8,11H,3-6,9-10H2,1-2H3. The lowest BCUT2D eigenvalue weighted by molar-refractivity contribution is 0.456. The van der Waals surface area contributed by atoms with Gasteiger partial charge in [0, 0.05) is 9.75 Å². The van der Waals surface area contributed by atoms with E-state index in [2.05, 4.69) is 26.0 Å². The summed E-state index contributed by atoms with van der Waals surface area (Å²) in [5.41, 5.74) is 0. The van der Waals surface area contributed by atoms with Gasteiger partial charge in [0.25, 0.3) is 0 Å². The normalized spacial score (nSPS) is 11.2.